The quantitative estimate of drug-likeness (QED) is 0.840. The van der Waals surface area contributed by atoms with Crippen LogP contribution in [0.25, 0.3) is 10.2 Å². The molecule has 0 radical (unpaired) electrons. The van der Waals surface area contributed by atoms with E-state index in [4.69, 9.17) is 0 Å². The van der Waals surface area contributed by atoms with Gasteiger partial charge in [0, 0.05) is 0 Å². The predicted molar refractivity (Wildman–Crippen MR) is 87.3 cm³/mol. The summed E-state index contributed by atoms with van der Waals surface area (Å²) in [4.78, 5) is 41.1. The predicted octanol–water partition coefficient (Wildman–Crippen LogP) is 1.87. The van der Waals surface area contributed by atoms with Gasteiger partial charge in [-0.2, -0.15) is 0 Å². The van der Waals surface area contributed by atoms with Gasteiger partial charge in [0.1, 0.15) is 12.1 Å². The maximum absolute atomic E-state index is 12.1. The van der Waals surface area contributed by atoms with Crippen LogP contribution in [0.15, 0.2) is 18.2 Å². The first-order valence-corrected chi connectivity index (χ1v) is 7.89. The summed E-state index contributed by atoms with van der Waals surface area (Å²) in [7, 11) is 0. The number of anilines is 1. The molecule has 0 aliphatic carbocycles. The molecule has 7 nitrogen and oxygen atoms in total. The van der Waals surface area contributed by atoms with Crippen LogP contribution in [0, 0.1) is 6.92 Å². The summed E-state index contributed by atoms with van der Waals surface area (Å²) in [6.07, 6.45) is 0. The second kappa shape index (κ2) is 5.31. The Kier molecular flexibility index (Phi) is 3.56. The molecule has 0 spiro atoms. The fourth-order valence-electron chi connectivity index (χ4n) is 2.35. The number of imide groups is 1. The van der Waals surface area contributed by atoms with Crippen molar-refractivity contribution < 1.29 is 14.4 Å². The number of aromatic nitrogens is 1. The van der Waals surface area contributed by atoms with Gasteiger partial charge in [0.05, 0.1) is 10.2 Å². The van der Waals surface area contributed by atoms with Crippen molar-refractivity contribution >= 4 is 44.5 Å². The monoisotopic (exact) mass is 332 g/mol. The van der Waals surface area contributed by atoms with Gasteiger partial charge in [-0.3, -0.25) is 14.5 Å². The molecule has 2 N–H and O–H groups in total. The number of rotatable bonds is 3. The van der Waals surface area contributed by atoms with Crippen molar-refractivity contribution in [3.05, 3.63) is 23.8 Å². The van der Waals surface area contributed by atoms with E-state index >= 15 is 0 Å². The van der Waals surface area contributed by atoms with E-state index in [0.717, 1.165) is 20.7 Å². The van der Waals surface area contributed by atoms with Crippen LogP contribution in [-0.2, 0) is 9.59 Å². The zero-order valence-electron chi connectivity index (χ0n) is 13.0. The number of benzene rings is 1. The van der Waals surface area contributed by atoms with Crippen LogP contribution < -0.4 is 10.6 Å². The summed E-state index contributed by atoms with van der Waals surface area (Å²) < 4.78 is 0.969. The molecule has 1 fully saturated rings. The molecule has 23 heavy (non-hydrogen) atoms. The van der Waals surface area contributed by atoms with Crippen molar-refractivity contribution in [3.8, 4) is 0 Å². The molecular formula is C15H16N4O3S. The molecule has 0 bridgehead atoms. The molecule has 1 saturated heterocycles. The second-order valence-corrected chi connectivity index (χ2v) is 7.02. The summed E-state index contributed by atoms with van der Waals surface area (Å²) in [5, 5.41) is 5.62. The molecule has 1 aliphatic rings. The Morgan fingerprint density at radius 2 is 2.13 bits per heavy atom. The first-order valence-electron chi connectivity index (χ1n) is 7.07. The fraction of sp³-hybridized carbons (Fsp3) is 0.333. The Labute approximate surface area is 136 Å². The standard InChI is InChI=1S/C15H16N4O3S/c1-8-4-5-9-10(6-8)23-13(16-9)17-11(20)7-19-12(21)15(2,3)18-14(19)22/h4-6H,7H2,1-3H3,(H,18,22)(H,16,17,20). The van der Waals surface area contributed by atoms with Crippen LogP contribution >= 0.6 is 11.3 Å². The molecule has 0 saturated carbocycles. The van der Waals surface area contributed by atoms with Crippen molar-refractivity contribution in [2.75, 3.05) is 11.9 Å². The molecule has 1 aromatic carbocycles. The minimum absolute atomic E-state index is 0.330. The summed E-state index contributed by atoms with van der Waals surface area (Å²) in [5.74, 6) is -0.875. The van der Waals surface area contributed by atoms with E-state index in [0.29, 0.717) is 5.13 Å². The number of nitrogens with one attached hydrogen (secondary N) is 2. The Morgan fingerprint density at radius 3 is 2.78 bits per heavy atom. The highest BCUT2D eigenvalue weighted by atomic mass is 32.1. The maximum Gasteiger partial charge on any atom is 0.325 e. The van der Waals surface area contributed by atoms with E-state index in [9.17, 15) is 14.4 Å². The van der Waals surface area contributed by atoms with Crippen molar-refractivity contribution in [3.63, 3.8) is 0 Å². The smallest absolute Gasteiger partial charge is 0.324 e. The number of thiazole rings is 1. The normalized spacial score (nSPS) is 16.7. The van der Waals surface area contributed by atoms with Gasteiger partial charge in [-0.15, -0.1) is 0 Å². The Morgan fingerprint density at radius 1 is 1.39 bits per heavy atom. The highest BCUT2D eigenvalue weighted by Gasteiger charge is 2.44. The highest BCUT2D eigenvalue weighted by molar-refractivity contribution is 7.22. The first-order chi connectivity index (χ1) is 10.8. The van der Waals surface area contributed by atoms with Crippen LogP contribution in [0.3, 0.4) is 0 Å². The van der Waals surface area contributed by atoms with Crippen LogP contribution in [-0.4, -0.2) is 39.8 Å². The van der Waals surface area contributed by atoms with E-state index in [-0.39, 0.29) is 6.54 Å². The largest absolute Gasteiger partial charge is 0.325 e. The number of hydrogen-bond acceptors (Lipinski definition) is 5. The van der Waals surface area contributed by atoms with E-state index in [2.05, 4.69) is 15.6 Å². The lowest BCUT2D eigenvalue weighted by atomic mass is 10.1. The van der Waals surface area contributed by atoms with Crippen molar-refractivity contribution in [1.29, 1.82) is 0 Å². The molecule has 120 valence electrons. The summed E-state index contributed by atoms with van der Waals surface area (Å²) in [5.41, 5.74) is 0.928. The number of carbonyl (C=O) groups excluding carboxylic acids is 3. The molecular weight excluding hydrogens is 316 g/mol. The number of nitrogens with zero attached hydrogens (tertiary/aromatic N) is 2. The van der Waals surface area contributed by atoms with Gasteiger partial charge in [0.15, 0.2) is 5.13 Å². The number of urea groups is 1. The molecule has 2 heterocycles. The minimum Gasteiger partial charge on any atom is -0.324 e. The summed E-state index contributed by atoms with van der Waals surface area (Å²) in [6.45, 7) is 4.85. The van der Waals surface area contributed by atoms with Crippen LogP contribution in [0.2, 0.25) is 0 Å². The zero-order chi connectivity index (χ0) is 16.8. The number of carbonyl (C=O) groups is 3. The van der Waals surface area contributed by atoms with E-state index in [1.165, 1.54) is 11.3 Å². The minimum atomic E-state index is -0.981. The number of amides is 4. The van der Waals surface area contributed by atoms with Crippen molar-refractivity contribution in [1.82, 2.24) is 15.2 Å². The Hall–Kier alpha value is -2.48. The zero-order valence-corrected chi connectivity index (χ0v) is 13.8. The lowest BCUT2D eigenvalue weighted by molar-refractivity contribution is -0.132. The van der Waals surface area contributed by atoms with Crippen molar-refractivity contribution in [2.24, 2.45) is 0 Å². The van der Waals surface area contributed by atoms with Gasteiger partial charge in [-0.25, -0.2) is 9.78 Å². The number of aryl methyl sites for hydroxylation is 1. The molecule has 1 aliphatic heterocycles. The fourth-order valence-corrected chi connectivity index (χ4v) is 3.33. The van der Waals surface area contributed by atoms with E-state index in [1.54, 1.807) is 13.8 Å². The summed E-state index contributed by atoms with van der Waals surface area (Å²) in [6, 6.07) is 5.26. The van der Waals surface area contributed by atoms with Gasteiger partial charge >= 0.3 is 6.03 Å². The average molecular weight is 332 g/mol. The van der Waals surface area contributed by atoms with Gasteiger partial charge in [0.2, 0.25) is 5.91 Å². The topological polar surface area (TPSA) is 91.4 Å². The number of hydrogen-bond donors (Lipinski definition) is 2. The number of fused-ring (bicyclic) bond motifs is 1. The van der Waals surface area contributed by atoms with Crippen molar-refractivity contribution in [2.45, 2.75) is 26.3 Å². The second-order valence-electron chi connectivity index (χ2n) is 5.98. The Balaban J connectivity index is 1.71. The highest BCUT2D eigenvalue weighted by Crippen LogP contribution is 2.26. The Bertz CT molecular complexity index is 827. The lowest BCUT2D eigenvalue weighted by Gasteiger charge is -2.15. The third-order valence-electron chi connectivity index (χ3n) is 3.54. The first kappa shape index (κ1) is 15.4. The van der Waals surface area contributed by atoms with Gasteiger partial charge in [-0.1, -0.05) is 17.4 Å². The van der Waals surface area contributed by atoms with Gasteiger partial charge < -0.3 is 10.6 Å². The van der Waals surface area contributed by atoms with Crippen LogP contribution in [0.4, 0.5) is 9.93 Å². The van der Waals surface area contributed by atoms with Crippen LogP contribution in [0.5, 0.6) is 0 Å². The maximum atomic E-state index is 12.1. The van der Waals surface area contributed by atoms with E-state index < -0.39 is 23.4 Å². The average Bonchev–Trinajstić information content (AvgIpc) is 2.91. The molecule has 2 aromatic rings. The van der Waals surface area contributed by atoms with Gasteiger partial charge in [0.25, 0.3) is 5.91 Å². The summed E-state index contributed by atoms with van der Waals surface area (Å²) >= 11 is 1.35. The third kappa shape index (κ3) is 2.89. The SMILES string of the molecule is Cc1ccc2nc(NC(=O)CN3C(=O)NC(C)(C)C3=O)sc2c1. The van der Waals surface area contributed by atoms with Crippen LogP contribution in [0.1, 0.15) is 19.4 Å². The third-order valence-corrected chi connectivity index (χ3v) is 4.47. The lowest BCUT2D eigenvalue weighted by Crippen LogP contribution is -2.41. The van der Waals surface area contributed by atoms with Gasteiger partial charge in [-0.05, 0) is 38.5 Å². The molecule has 4 amide bonds. The molecule has 1 aromatic heterocycles. The molecule has 0 unspecified atom stereocenters. The molecule has 3 rings (SSSR count). The molecule has 0 atom stereocenters. The molecule has 8 heteroatoms. The van der Waals surface area contributed by atoms with E-state index in [1.807, 2.05) is 25.1 Å².